The highest BCUT2D eigenvalue weighted by Gasteiger charge is 2.41. The topological polar surface area (TPSA) is 96.0 Å². The van der Waals surface area contributed by atoms with Gasteiger partial charge in [0, 0.05) is 26.5 Å². The van der Waals surface area contributed by atoms with Crippen LogP contribution in [0.4, 0.5) is 9.59 Å². The third-order valence-corrected chi connectivity index (χ3v) is 5.89. The van der Waals surface area contributed by atoms with Crippen molar-refractivity contribution in [3.05, 3.63) is 35.4 Å². The second-order valence-corrected chi connectivity index (χ2v) is 8.34. The number of fused-ring (bicyclic) bond motifs is 1. The second kappa shape index (κ2) is 6.30. The first-order valence-corrected chi connectivity index (χ1v) is 9.80. The predicted octanol–water partition coefficient (Wildman–Crippen LogP) is 0.577. The Bertz CT molecular complexity index is 783. The molecule has 0 unspecified atom stereocenters. The van der Waals surface area contributed by atoms with Gasteiger partial charge in [0.25, 0.3) is 0 Å². The van der Waals surface area contributed by atoms with Crippen LogP contribution in [0.5, 0.6) is 0 Å². The zero-order chi connectivity index (χ0) is 18.2. The fraction of sp³-hybridized carbons (Fsp3) is 0.500. The molecule has 1 fully saturated rings. The maximum atomic E-state index is 12.3. The summed E-state index contributed by atoms with van der Waals surface area (Å²) in [5.74, 6) is 0. The quantitative estimate of drug-likeness (QED) is 0.840. The molecule has 3 rings (SSSR count). The molecule has 1 aliphatic heterocycles. The molecule has 136 valence electrons. The lowest BCUT2D eigenvalue weighted by Gasteiger charge is -2.28. The van der Waals surface area contributed by atoms with Crippen LogP contribution in [0.25, 0.3) is 0 Å². The molecular weight excluding hydrogens is 346 g/mol. The molecule has 1 aromatic carbocycles. The van der Waals surface area contributed by atoms with E-state index in [9.17, 15) is 18.0 Å². The molecule has 0 bridgehead atoms. The summed E-state index contributed by atoms with van der Waals surface area (Å²) < 4.78 is 29.4. The van der Waals surface area contributed by atoms with Crippen LogP contribution in [0.2, 0.25) is 0 Å². The number of carbonyl (C=O) groups is 2. The largest absolute Gasteiger partial charge is 0.376 e. The highest BCUT2D eigenvalue weighted by molar-refractivity contribution is 7.88. The Morgan fingerprint density at radius 3 is 2.32 bits per heavy atom. The van der Waals surface area contributed by atoms with Crippen molar-refractivity contribution in [2.75, 3.05) is 33.0 Å². The third-order valence-electron chi connectivity index (χ3n) is 4.75. The summed E-state index contributed by atoms with van der Waals surface area (Å²) in [6, 6.07) is 6.57. The van der Waals surface area contributed by atoms with Crippen molar-refractivity contribution in [3.8, 4) is 0 Å². The summed E-state index contributed by atoms with van der Waals surface area (Å²) in [7, 11) is -2.06. The van der Waals surface area contributed by atoms with Crippen LogP contribution in [-0.4, -0.2) is 68.3 Å². The average Bonchev–Trinajstić information content (AvgIpc) is 3.13. The monoisotopic (exact) mass is 367 g/mol. The normalized spacial score (nSPS) is 19.2. The van der Waals surface area contributed by atoms with Gasteiger partial charge >= 0.3 is 12.1 Å². The van der Waals surface area contributed by atoms with E-state index in [0.717, 1.165) is 11.2 Å². The van der Waals surface area contributed by atoms with Gasteiger partial charge in [-0.05, 0) is 11.1 Å². The number of hydrogen-bond donors (Lipinski definition) is 1. The summed E-state index contributed by atoms with van der Waals surface area (Å²) in [5.41, 5.74) is 1.80. The number of nitrogens with zero attached hydrogens (tertiary/aromatic N) is 2. The van der Waals surface area contributed by atoms with Crippen molar-refractivity contribution in [3.63, 3.8) is 0 Å². The first-order valence-electron chi connectivity index (χ1n) is 7.95. The minimum absolute atomic E-state index is 0.0219. The van der Waals surface area contributed by atoms with Crippen molar-refractivity contribution in [1.82, 2.24) is 14.5 Å². The van der Waals surface area contributed by atoms with Crippen LogP contribution in [-0.2, 0) is 27.6 Å². The van der Waals surface area contributed by atoms with E-state index in [1.165, 1.54) is 11.1 Å². The SMILES string of the molecule is COC1(CNC(=O)N2CCN(S(C)(=O)=O)C2=O)Cc2ccccc2C1. The maximum Gasteiger partial charge on any atom is 0.341 e. The van der Waals surface area contributed by atoms with Crippen LogP contribution < -0.4 is 5.32 Å². The van der Waals surface area contributed by atoms with Gasteiger partial charge in [-0.25, -0.2) is 27.2 Å². The Morgan fingerprint density at radius 2 is 1.84 bits per heavy atom. The second-order valence-electron chi connectivity index (χ2n) is 6.44. The minimum Gasteiger partial charge on any atom is -0.376 e. The molecule has 0 aromatic heterocycles. The Labute approximate surface area is 146 Å². The maximum absolute atomic E-state index is 12.3. The predicted molar refractivity (Wildman–Crippen MR) is 90.6 cm³/mol. The van der Waals surface area contributed by atoms with Gasteiger partial charge in [-0.15, -0.1) is 0 Å². The lowest BCUT2D eigenvalue weighted by Crippen LogP contribution is -2.50. The first-order chi connectivity index (χ1) is 11.8. The van der Waals surface area contributed by atoms with Crippen LogP contribution in [0.15, 0.2) is 24.3 Å². The number of rotatable bonds is 4. The van der Waals surface area contributed by atoms with E-state index in [-0.39, 0.29) is 19.6 Å². The number of methoxy groups -OCH3 is 1. The minimum atomic E-state index is -3.66. The standard InChI is InChI=1S/C16H21N3O5S/c1-24-16(9-12-5-3-4-6-13(12)10-16)11-17-14(20)18-7-8-19(15(18)21)25(2,22)23/h3-6H,7-11H2,1-2H3,(H,17,20). The van der Waals surface area contributed by atoms with Crippen molar-refractivity contribution < 1.29 is 22.7 Å². The summed E-state index contributed by atoms with van der Waals surface area (Å²) in [6.07, 6.45) is 2.29. The van der Waals surface area contributed by atoms with Crippen LogP contribution >= 0.6 is 0 Å². The van der Waals surface area contributed by atoms with Crippen molar-refractivity contribution in [2.24, 2.45) is 0 Å². The Balaban J connectivity index is 1.64. The summed E-state index contributed by atoms with van der Waals surface area (Å²) in [6.45, 7) is 0.254. The smallest absolute Gasteiger partial charge is 0.341 e. The molecule has 0 saturated carbocycles. The molecule has 1 saturated heterocycles. The van der Waals surface area contributed by atoms with Gasteiger partial charge in [0.1, 0.15) is 0 Å². The number of sulfonamides is 1. The van der Waals surface area contributed by atoms with Gasteiger partial charge in [-0.2, -0.15) is 0 Å². The fourth-order valence-electron chi connectivity index (χ4n) is 3.35. The van der Waals surface area contributed by atoms with E-state index in [1.54, 1.807) is 7.11 Å². The average molecular weight is 367 g/mol. The van der Waals surface area contributed by atoms with Crippen molar-refractivity contribution in [1.29, 1.82) is 0 Å². The number of imide groups is 1. The summed E-state index contributed by atoms with van der Waals surface area (Å²) in [5, 5.41) is 2.72. The van der Waals surface area contributed by atoms with E-state index < -0.39 is 27.7 Å². The highest BCUT2D eigenvalue weighted by Crippen LogP contribution is 2.32. The van der Waals surface area contributed by atoms with Gasteiger partial charge in [0.05, 0.1) is 24.9 Å². The molecule has 4 amide bonds. The Kier molecular flexibility index (Phi) is 4.46. The number of amides is 4. The first kappa shape index (κ1) is 17.7. The number of nitrogens with one attached hydrogen (secondary N) is 1. The molecule has 1 N–H and O–H groups in total. The van der Waals surface area contributed by atoms with Gasteiger partial charge in [0.2, 0.25) is 10.0 Å². The number of benzene rings is 1. The zero-order valence-corrected chi connectivity index (χ0v) is 15.0. The van der Waals surface area contributed by atoms with E-state index in [4.69, 9.17) is 4.74 Å². The van der Waals surface area contributed by atoms with E-state index in [1.807, 2.05) is 24.3 Å². The summed E-state index contributed by atoms with van der Waals surface area (Å²) in [4.78, 5) is 25.3. The number of ether oxygens (including phenoxy) is 1. The molecule has 0 spiro atoms. The molecule has 8 nitrogen and oxygen atoms in total. The molecule has 0 radical (unpaired) electrons. The molecule has 1 aromatic rings. The molecule has 9 heteroatoms. The van der Waals surface area contributed by atoms with Crippen molar-refractivity contribution >= 4 is 22.1 Å². The van der Waals surface area contributed by atoms with Gasteiger partial charge in [0.15, 0.2) is 0 Å². The highest BCUT2D eigenvalue weighted by atomic mass is 32.2. The van der Waals surface area contributed by atoms with E-state index >= 15 is 0 Å². The van der Waals surface area contributed by atoms with E-state index in [2.05, 4.69) is 5.32 Å². The van der Waals surface area contributed by atoms with E-state index in [0.29, 0.717) is 17.1 Å². The van der Waals surface area contributed by atoms with Gasteiger partial charge < -0.3 is 10.1 Å². The third kappa shape index (κ3) is 3.34. The van der Waals surface area contributed by atoms with Gasteiger partial charge in [-0.3, -0.25) is 0 Å². The number of hydrogen-bond acceptors (Lipinski definition) is 5. The molecular formula is C16H21N3O5S. The molecule has 1 aliphatic carbocycles. The van der Waals surface area contributed by atoms with Gasteiger partial charge in [-0.1, -0.05) is 24.3 Å². The number of urea groups is 2. The molecule has 25 heavy (non-hydrogen) atoms. The lowest BCUT2D eigenvalue weighted by molar-refractivity contribution is 0.00123. The van der Waals surface area contributed by atoms with Crippen molar-refractivity contribution in [2.45, 2.75) is 18.4 Å². The molecule has 1 heterocycles. The Hall–Kier alpha value is -2.13. The Morgan fingerprint density at radius 1 is 1.24 bits per heavy atom. The van der Waals surface area contributed by atoms with Crippen LogP contribution in [0.1, 0.15) is 11.1 Å². The van der Waals surface area contributed by atoms with Crippen LogP contribution in [0.3, 0.4) is 0 Å². The zero-order valence-electron chi connectivity index (χ0n) is 14.2. The molecule has 2 aliphatic rings. The summed E-state index contributed by atoms with van der Waals surface area (Å²) >= 11 is 0. The van der Waals surface area contributed by atoms with Crippen LogP contribution in [0, 0.1) is 0 Å². The molecule has 0 atom stereocenters. The fourth-order valence-corrected chi connectivity index (χ4v) is 4.14. The lowest BCUT2D eigenvalue weighted by atomic mass is 10.0. The number of carbonyl (C=O) groups excluding carboxylic acids is 2.